The lowest BCUT2D eigenvalue weighted by Crippen LogP contribution is -1.97. The number of hydrogen-bond acceptors (Lipinski definition) is 6. The number of anilines is 1. The van der Waals surface area contributed by atoms with E-state index in [1.165, 1.54) is 38.1 Å². The molecule has 1 heterocycles. The van der Waals surface area contributed by atoms with Gasteiger partial charge in [0.25, 0.3) is 0 Å². The molecule has 0 aliphatic carbocycles. The molecule has 0 aliphatic rings. The fraction of sp³-hybridized carbons (Fsp3) is 0.250. The first-order valence-corrected chi connectivity index (χ1v) is 6.55. The zero-order valence-electron chi connectivity index (χ0n) is 10.7. The van der Waals surface area contributed by atoms with E-state index in [-0.39, 0.29) is 5.82 Å². The Kier molecular flexibility index (Phi) is 3.84. The molecule has 0 saturated carbocycles. The minimum Gasteiger partial charge on any atom is -0.492 e. The Morgan fingerprint density at radius 3 is 2.42 bits per heavy atom. The number of benzene rings is 1. The standard InChI is InChI=1S/C12H13FN2O3S/c1-16-10-6(8-5-9(14)15-18-8)4-7(13)12(19-3)11(10)17-2/h4-5H,1-3H3,(H2,14,15). The van der Waals surface area contributed by atoms with E-state index in [1.807, 2.05) is 0 Å². The third-order valence-electron chi connectivity index (χ3n) is 2.55. The lowest BCUT2D eigenvalue weighted by atomic mass is 10.1. The van der Waals surface area contributed by atoms with E-state index in [9.17, 15) is 4.39 Å². The molecule has 7 heteroatoms. The summed E-state index contributed by atoms with van der Waals surface area (Å²) in [4.78, 5) is 0.371. The smallest absolute Gasteiger partial charge is 0.178 e. The SMILES string of the molecule is COc1c(-c2cc(N)no2)cc(F)c(SC)c1OC. The van der Waals surface area contributed by atoms with Crippen LogP contribution in [0.4, 0.5) is 10.2 Å². The van der Waals surface area contributed by atoms with Gasteiger partial charge in [0.1, 0.15) is 5.82 Å². The van der Waals surface area contributed by atoms with Gasteiger partial charge < -0.3 is 19.7 Å². The minimum atomic E-state index is -0.421. The van der Waals surface area contributed by atoms with Crippen molar-refractivity contribution >= 4 is 17.6 Å². The van der Waals surface area contributed by atoms with Gasteiger partial charge in [-0.3, -0.25) is 0 Å². The lowest BCUT2D eigenvalue weighted by Gasteiger charge is -2.15. The fourth-order valence-electron chi connectivity index (χ4n) is 1.77. The summed E-state index contributed by atoms with van der Waals surface area (Å²) in [6, 6.07) is 2.81. The number of halogens is 1. The number of rotatable bonds is 4. The first-order valence-electron chi connectivity index (χ1n) is 5.33. The van der Waals surface area contributed by atoms with Crippen LogP contribution in [-0.4, -0.2) is 25.6 Å². The molecular weight excluding hydrogens is 271 g/mol. The summed E-state index contributed by atoms with van der Waals surface area (Å²) < 4.78 is 29.6. The molecule has 0 fully saturated rings. The number of nitrogens with zero attached hydrogens (tertiary/aromatic N) is 1. The second kappa shape index (κ2) is 5.40. The molecule has 2 rings (SSSR count). The molecule has 0 radical (unpaired) electrons. The normalized spacial score (nSPS) is 10.5. The maximum atomic E-state index is 14.1. The summed E-state index contributed by atoms with van der Waals surface area (Å²) in [5.41, 5.74) is 5.90. The highest BCUT2D eigenvalue weighted by Crippen LogP contribution is 2.45. The molecule has 1 aromatic carbocycles. The van der Waals surface area contributed by atoms with Crippen LogP contribution in [0.5, 0.6) is 11.5 Å². The zero-order valence-corrected chi connectivity index (χ0v) is 11.5. The van der Waals surface area contributed by atoms with Crippen molar-refractivity contribution in [3.8, 4) is 22.8 Å². The first-order chi connectivity index (χ1) is 9.12. The molecule has 0 bridgehead atoms. The molecule has 2 N–H and O–H groups in total. The highest BCUT2D eigenvalue weighted by molar-refractivity contribution is 7.98. The maximum absolute atomic E-state index is 14.1. The number of aromatic nitrogens is 1. The van der Waals surface area contributed by atoms with E-state index in [2.05, 4.69) is 5.16 Å². The van der Waals surface area contributed by atoms with Crippen molar-refractivity contribution in [2.75, 3.05) is 26.2 Å². The molecule has 0 amide bonds. The van der Waals surface area contributed by atoms with Crippen LogP contribution < -0.4 is 15.2 Å². The highest BCUT2D eigenvalue weighted by atomic mass is 32.2. The zero-order chi connectivity index (χ0) is 14.0. The number of hydrogen-bond donors (Lipinski definition) is 1. The molecule has 102 valence electrons. The van der Waals surface area contributed by atoms with Crippen molar-refractivity contribution in [2.45, 2.75) is 4.90 Å². The molecule has 1 aromatic heterocycles. The van der Waals surface area contributed by atoms with Gasteiger partial charge in [-0.15, -0.1) is 11.8 Å². The van der Waals surface area contributed by atoms with Crippen LogP contribution in [0.15, 0.2) is 21.6 Å². The lowest BCUT2D eigenvalue weighted by molar-refractivity contribution is 0.342. The summed E-state index contributed by atoms with van der Waals surface area (Å²) in [5, 5.41) is 3.57. The van der Waals surface area contributed by atoms with Gasteiger partial charge in [-0.05, 0) is 12.3 Å². The van der Waals surface area contributed by atoms with E-state index in [1.54, 1.807) is 6.26 Å². The van der Waals surface area contributed by atoms with Crippen LogP contribution in [-0.2, 0) is 0 Å². The Hall–Kier alpha value is -1.89. The largest absolute Gasteiger partial charge is 0.492 e. The van der Waals surface area contributed by atoms with Crippen molar-refractivity contribution in [3.05, 3.63) is 17.9 Å². The van der Waals surface area contributed by atoms with E-state index < -0.39 is 5.82 Å². The maximum Gasteiger partial charge on any atom is 0.178 e. The summed E-state index contributed by atoms with van der Waals surface area (Å²) in [6.45, 7) is 0. The monoisotopic (exact) mass is 284 g/mol. The quantitative estimate of drug-likeness (QED) is 0.870. The van der Waals surface area contributed by atoms with Crippen molar-refractivity contribution in [3.63, 3.8) is 0 Å². The van der Waals surface area contributed by atoms with E-state index >= 15 is 0 Å². The second-order valence-corrected chi connectivity index (χ2v) is 4.44. The predicted molar refractivity (Wildman–Crippen MR) is 71.2 cm³/mol. The van der Waals surface area contributed by atoms with Gasteiger partial charge in [0.2, 0.25) is 0 Å². The van der Waals surface area contributed by atoms with Crippen LogP contribution in [0, 0.1) is 5.82 Å². The summed E-state index contributed by atoms with van der Waals surface area (Å²) in [7, 11) is 2.93. The number of ether oxygens (including phenoxy) is 2. The summed E-state index contributed by atoms with van der Waals surface area (Å²) in [5.74, 6) is 0.809. The Morgan fingerprint density at radius 2 is 1.95 bits per heavy atom. The van der Waals surface area contributed by atoms with Gasteiger partial charge in [-0.2, -0.15) is 0 Å². The third kappa shape index (κ3) is 2.33. The fourth-order valence-corrected chi connectivity index (χ4v) is 2.38. The number of nitrogen functional groups attached to an aromatic ring is 1. The Labute approximate surface area is 113 Å². The van der Waals surface area contributed by atoms with Crippen molar-refractivity contribution in [1.82, 2.24) is 5.16 Å². The second-order valence-electron chi connectivity index (χ2n) is 3.62. The molecule has 0 atom stereocenters. The van der Waals surface area contributed by atoms with Crippen LogP contribution in [0.25, 0.3) is 11.3 Å². The van der Waals surface area contributed by atoms with Gasteiger partial charge >= 0.3 is 0 Å². The first kappa shape index (κ1) is 13.5. The van der Waals surface area contributed by atoms with Gasteiger partial charge in [0.05, 0.1) is 24.7 Å². The van der Waals surface area contributed by atoms with Gasteiger partial charge in [0.15, 0.2) is 23.1 Å². The van der Waals surface area contributed by atoms with E-state index in [4.69, 9.17) is 19.7 Å². The molecule has 0 spiro atoms. The Balaban J connectivity index is 2.71. The molecule has 19 heavy (non-hydrogen) atoms. The van der Waals surface area contributed by atoms with Gasteiger partial charge in [-0.25, -0.2) is 4.39 Å². The minimum absolute atomic E-state index is 0.213. The average Bonchev–Trinajstić information content (AvgIpc) is 2.83. The Bertz CT molecular complexity index is 601. The molecule has 0 saturated heterocycles. The molecular formula is C12H13FN2O3S. The predicted octanol–water partition coefficient (Wildman–Crippen LogP) is 2.80. The van der Waals surface area contributed by atoms with Crippen molar-refractivity contribution in [1.29, 1.82) is 0 Å². The molecule has 2 aromatic rings. The number of methoxy groups -OCH3 is 2. The number of thioether (sulfide) groups is 1. The van der Waals surface area contributed by atoms with Crippen molar-refractivity contribution < 1.29 is 18.4 Å². The van der Waals surface area contributed by atoms with Crippen LogP contribution in [0.3, 0.4) is 0 Å². The van der Waals surface area contributed by atoms with Crippen LogP contribution in [0.2, 0.25) is 0 Å². The third-order valence-corrected chi connectivity index (χ3v) is 3.34. The Morgan fingerprint density at radius 1 is 1.26 bits per heavy atom. The van der Waals surface area contributed by atoms with Crippen LogP contribution in [0.1, 0.15) is 0 Å². The molecule has 0 unspecified atom stereocenters. The highest BCUT2D eigenvalue weighted by Gasteiger charge is 2.22. The topological polar surface area (TPSA) is 70.5 Å². The molecule has 0 aliphatic heterocycles. The average molecular weight is 284 g/mol. The van der Waals surface area contributed by atoms with Gasteiger partial charge in [0, 0.05) is 6.07 Å². The van der Waals surface area contributed by atoms with Crippen LogP contribution >= 0.6 is 11.8 Å². The van der Waals surface area contributed by atoms with E-state index in [0.29, 0.717) is 27.7 Å². The van der Waals surface area contributed by atoms with Gasteiger partial charge in [-0.1, -0.05) is 5.16 Å². The molecule has 5 nitrogen and oxygen atoms in total. The number of nitrogens with two attached hydrogens (primary N) is 1. The summed E-state index contributed by atoms with van der Waals surface area (Å²) in [6.07, 6.45) is 1.76. The van der Waals surface area contributed by atoms with Crippen molar-refractivity contribution in [2.24, 2.45) is 0 Å². The summed E-state index contributed by atoms with van der Waals surface area (Å²) >= 11 is 1.23. The van der Waals surface area contributed by atoms with E-state index in [0.717, 1.165) is 0 Å².